The highest BCUT2D eigenvalue weighted by Gasteiger charge is 2.21. The SMILES string of the molecule is CCn1nccc1OCc1ccc(Cl)c(Cn2nnn(C(C)(C)C)c2=O)c1Cl. The van der Waals surface area contributed by atoms with Crippen molar-refractivity contribution in [1.29, 1.82) is 0 Å². The Bertz CT molecular complexity index is 1030. The summed E-state index contributed by atoms with van der Waals surface area (Å²) < 4.78 is 10.1. The molecule has 0 fully saturated rings. The minimum atomic E-state index is -0.471. The van der Waals surface area contributed by atoms with Crippen molar-refractivity contribution < 1.29 is 4.74 Å². The number of benzene rings is 1. The van der Waals surface area contributed by atoms with Crippen LogP contribution in [0.15, 0.2) is 29.2 Å². The van der Waals surface area contributed by atoms with Gasteiger partial charge in [0.15, 0.2) is 0 Å². The topological polar surface area (TPSA) is 79.8 Å². The molecule has 0 saturated carbocycles. The van der Waals surface area contributed by atoms with Crippen LogP contribution in [0.5, 0.6) is 5.88 Å². The van der Waals surface area contributed by atoms with Crippen LogP contribution in [-0.2, 0) is 25.2 Å². The molecule has 0 aliphatic carbocycles. The molecule has 0 aliphatic heterocycles. The summed E-state index contributed by atoms with van der Waals surface area (Å²) in [6.45, 7) is 8.70. The Kier molecular flexibility index (Phi) is 5.81. The second kappa shape index (κ2) is 7.97. The highest BCUT2D eigenvalue weighted by molar-refractivity contribution is 6.36. The van der Waals surface area contributed by atoms with Gasteiger partial charge >= 0.3 is 5.69 Å². The summed E-state index contributed by atoms with van der Waals surface area (Å²) in [6.07, 6.45) is 1.68. The van der Waals surface area contributed by atoms with Crippen LogP contribution >= 0.6 is 23.2 Å². The van der Waals surface area contributed by atoms with Gasteiger partial charge in [-0.15, -0.1) is 0 Å². The Morgan fingerprint density at radius 3 is 2.50 bits per heavy atom. The average molecular weight is 425 g/mol. The molecule has 0 atom stereocenters. The van der Waals surface area contributed by atoms with Gasteiger partial charge in [0.1, 0.15) is 6.61 Å². The van der Waals surface area contributed by atoms with E-state index in [2.05, 4.69) is 15.5 Å². The van der Waals surface area contributed by atoms with E-state index in [1.54, 1.807) is 29.1 Å². The Morgan fingerprint density at radius 1 is 1.11 bits per heavy atom. The number of hydrogen-bond donors (Lipinski definition) is 0. The molecule has 1 aromatic carbocycles. The van der Waals surface area contributed by atoms with Crippen molar-refractivity contribution in [2.24, 2.45) is 0 Å². The van der Waals surface area contributed by atoms with E-state index in [0.29, 0.717) is 28.0 Å². The van der Waals surface area contributed by atoms with Crippen LogP contribution in [-0.4, -0.2) is 29.6 Å². The Morgan fingerprint density at radius 2 is 1.86 bits per heavy atom. The van der Waals surface area contributed by atoms with Crippen LogP contribution in [0, 0.1) is 0 Å². The molecular weight excluding hydrogens is 403 g/mol. The number of rotatable bonds is 6. The predicted octanol–water partition coefficient (Wildman–Crippen LogP) is 3.35. The minimum absolute atomic E-state index is 0.118. The van der Waals surface area contributed by atoms with Gasteiger partial charge in [-0.2, -0.15) is 14.5 Å². The van der Waals surface area contributed by atoms with E-state index in [1.165, 1.54) is 9.36 Å². The lowest BCUT2D eigenvalue weighted by molar-refractivity contribution is 0.274. The molecule has 0 amide bonds. The van der Waals surface area contributed by atoms with Gasteiger partial charge < -0.3 is 4.74 Å². The van der Waals surface area contributed by atoms with Crippen molar-refractivity contribution in [3.8, 4) is 5.88 Å². The van der Waals surface area contributed by atoms with E-state index in [1.807, 2.05) is 27.7 Å². The Labute approximate surface area is 172 Å². The molecule has 10 heteroatoms. The largest absolute Gasteiger partial charge is 0.473 e. The maximum absolute atomic E-state index is 12.6. The van der Waals surface area contributed by atoms with Gasteiger partial charge in [-0.25, -0.2) is 9.48 Å². The zero-order valence-electron chi connectivity index (χ0n) is 16.2. The number of aromatic nitrogens is 6. The molecule has 2 aromatic heterocycles. The second-order valence-electron chi connectivity index (χ2n) is 7.27. The third-order valence-corrected chi connectivity index (χ3v) is 5.03. The van der Waals surface area contributed by atoms with Crippen molar-refractivity contribution in [1.82, 2.24) is 29.6 Å². The first-order valence-corrected chi connectivity index (χ1v) is 9.61. The van der Waals surface area contributed by atoms with Gasteiger partial charge in [0.2, 0.25) is 5.88 Å². The fourth-order valence-electron chi connectivity index (χ4n) is 2.68. The molecule has 8 nitrogen and oxygen atoms in total. The summed E-state index contributed by atoms with van der Waals surface area (Å²) in [5, 5.41) is 13.0. The van der Waals surface area contributed by atoms with E-state index in [0.717, 1.165) is 5.56 Å². The fourth-order valence-corrected chi connectivity index (χ4v) is 3.22. The number of tetrazole rings is 1. The van der Waals surface area contributed by atoms with Crippen LogP contribution in [0.2, 0.25) is 10.0 Å². The Hall–Kier alpha value is -2.32. The third-order valence-electron chi connectivity index (χ3n) is 4.20. The molecule has 0 aliphatic rings. The number of hydrogen-bond acceptors (Lipinski definition) is 5. The first-order chi connectivity index (χ1) is 13.2. The molecule has 0 radical (unpaired) electrons. The van der Waals surface area contributed by atoms with Gasteiger partial charge in [-0.1, -0.05) is 29.3 Å². The maximum Gasteiger partial charge on any atom is 0.364 e. The van der Waals surface area contributed by atoms with Gasteiger partial charge in [0.25, 0.3) is 0 Å². The summed E-state index contributed by atoms with van der Waals surface area (Å²) in [4.78, 5) is 12.6. The molecule has 0 bridgehead atoms. The highest BCUT2D eigenvalue weighted by Crippen LogP contribution is 2.29. The van der Waals surface area contributed by atoms with E-state index < -0.39 is 5.54 Å². The fraction of sp³-hybridized carbons (Fsp3) is 0.444. The van der Waals surface area contributed by atoms with E-state index in [-0.39, 0.29) is 18.8 Å². The van der Waals surface area contributed by atoms with Crippen LogP contribution in [0.4, 0.5) is 0 Å². The lowest BCUT2D eigenvalue weighted by Gasteiger charge is -2.16. The summed E-state index contributed by atoms with van der Waals surface area (Å²) >= 11 is 12.9. The molecule has 3 rings (SSSR count). The predicted molar refractivity (Wildman–Crippen MR) is 107 cm³/mol. The molecule has 28 heavy (non-hydrogen) atoms. The van der Waals surface area contributed by atoms with Gasteiger partial charge in [0, 0.05) is 28.8 Å². The smallest absolute Gasteiger partial charge is 0.364 e. The van der Waals surface area contributed by atoms with E-state index in [9.17, 15) is 4.79 Å². The zero-order valence-corrected chi connectivity index (χ0v) is 17.7. The standard InChI is InChI=1S/C18H22Cl2N6O2/c1-5-24-15(8-9-21-24)28-11-12-6-7-14(19)13(16(12)20)10-25-17(27)26(23-22-25)18(2,3)4/h6-9H,5,10-11H2,1-4H3. The Balaban J connectivity index is 1.86. The van der Waals surface area contributed by atoms with Gasteiger partial charge in [-0.3, -0.25) is 0 Å². The molecule has 0 unspecified atom stereocenters. The molecule has 3 aromatic rings. The molecule has 0 N–H and O–H groups in total. The van der Waals surface area contributed by atoms with Crippen molar-refractivity contribution in [2.75, 3.05) is 0 Å². The van der Waals surface area contributed by atoms with Crippen molar-refractivity contribution in [3.63, 3.8) is 0 Å². The van der Waals surface area contributed by atoms with Crippen LogP contribution in [0.3, 0.4) is 0 Å². The number of ether oxygens (including phenoxy) is 1. The first kappa shape index (κ1) is 20.4. The van der Waals surface area contributed by atoms with E-state index in [4.69, 9.17) is 27.9 Å². The zero-order chi connectivity index (χ0) is 20.5. The van der Waals surface area contributed by atoms with E-state index >= 15 is 0 Å². The molecule has 150 valence electrons. The molecular formula is C18H22Cl2N6O2. The summed E-state index contributed by atoms with van der Waals surface area (Å²) in [7, 11) is 0. The normalized spacial score (nSPS) is 11.8. The van der Waals surface area contributed by atoms with Crippen LogP contribution < -0.4 is 10.4 Å². The number of aryl methyl sites for hydroxylation is 1. The number of nitrogens with zero attached hydrogens (tertiary/aromatic N) is 6. The van der Waals surface area contributed by atoms with Crippen molar-refractivity contribution in [2.45, 2.75) is 52.9 Å². The van der Waals surface area contributed by atoms with Crippen LogP contribution in [0.1, 0.15) is 38.8 Å². The lowest BCUT2D eigenvalue weighted by atomic mass is 10.1. The molecule has 0 saturated heterocycles. The third kappa shape index (κ3) is 4.07. The van der Waals surface area contributed by atoms with Crippen molar-refractivity contribution in [3.05, 3.63) is 56.1 Å². The summed E-state index contributed by atoms with van der Waals surface area (Å²) in [5.74, 6) is 0.652. The second-order valence-corrected chi connectivity index (χ2v) is 8.06. The molecule has 0 spiro atoms. The summed E-state index contributed by atoms with van der Waals surface area (Å²) in [6, 6.07) is 5.33. The molecule has 2 heterocycles. The van der Waals surface area contributed by atoms with Crippen LogP contribution in [0.25, 0.3) is 0 Å². The van der Waals surface area contributed by atoms with Crippen molar-refractivity contribution >= 4 is 23.2 Å². The quantitative estimate of drug-likeness (QED) is 0.605. The maximum atomic E-state index is 12.6. The van der Waals surface area contributed by atoms with Gasteiger partial charge in [-0.05, 0) is 44.2 Å². The summed E-state index contributed by atoms with van der Waals surface area (Å²) in [5.41, 5.74) is 0.548. The van der Waals surface area contributed by atoms with Gasteiger partial charge in [0.05, 0.1) is 23.3 Å². The monoisotopic (exact) mass is 424 g/mol. The first-order valence-electron chi connectivity index (χ1n) is 8.86. The average Bonchev–Trinajstić information content (AvgIpc) is 3.23. The highest BCUT2D eigenvalue weighted by atomic mass is 35.5. The number of halogens is 2. The lowest BCUT2D eigenvalue weighted by Crippen LogP contribution is -2.36. The minimum Gasteiger partial charge on any atom is -0.473 e.